The third-order valence-electron chi connectivity index (χ3n) is 9.39. The molecule has 3 heteroatoms. The first kappa shape index (κ1) is 24.9. The third-order valence-corrected chi connectivity index (χ3v) is 9.39. The second-order valence-corrected chi connectivity index (χ2v) is 11.7. The molecule has 7 aromatic rings. The lowest BCUT2D eigenvalue weighted by Gasteiger charge is -2.23. The van der Waals surface area contributed by atoms with Crippen LogP contribution < -0.4 is 13.7 Å². The van der Waals surface area contributed by atoms with Gasteiger partial charge in [0.2, 0.25) is 22.8 Å². The van der Waals surface area contributed by atoms with E-state index in [1.54, 1.807) is 0 Å². The first-order valence-corrected chi connectivity index (χ1v) is 15.2. The van der Waals surface area contributed by atoms with Gasteiger partial charge in [-0.15, -0.1) is 9.13 Å². The van der Waals surface area contributed by atoms with Gasteiger partial charge in [0.1, 0.15) is 16.7 Å². The van der Waals surface area contributed by atoms with Gasteiger partial charge in [0.05, 0.1) is 11.1 Å². The fraction of sp³-hybridized carbons (Fsp3) is 0.0488. The summed E-state index contributed by atoms with van der Waals surface area (Å²) < 4.78 is 7.39. The van der Waals surface area contributed by atoms with Crippen molar-refractivity contribution < 1.29 is 13.7 Å². The molecule has 3 aromatic heterocycles. The van der Waals surface area contributed by atoms with Crippen LogP contribution >= 0.6 is 0 Å². The number of hydrogen-bond acceptors (Lipinski definition) is 0. The molecule has 0 N–H and O–H groups in total. The number of pyridine rings is 3. The molecule has 0 aliphatic carbocycles. The summed E-state index contributed by atoms with van der Waals surface area (Å²) in [7, 11) is 0. The average molecular weight is 565 g/mol. The molecule has 1 unspecified atom stereocenters. The van der Waals surface area contributed by atoms with Gasteiger partial charge in [-0.05, 0) is 60.5 Å². The van der Waals surface area contributed by atoms with Crippen LogP contribution in [0.25, 0.3) is 50.6 Å². The smallest absolute Gasteiger partial charge is 0.159 e. The Kier molecular flexibility index (Phi) is 5.33. The Balaban J connectivity index is 1.52. The lowest BCUT2D eigenvalue weighted by molar-refractivity contribution is -0.958. The van der Waals surface area contributed by atoms with Crippen molar-refractivity contribution in [2.75, 3.05) is 0 Å². The summed E-state index contributed by atoms with van der Waals surface area (Å²) in [6.45, 7) is 2.23. The van der Waals surface area contributed by atoms with Gasteiger partial charge in [-0.1, -0.05) is 66.7 Å². The van der Waals surface area contributed by atoms with Crippen molar-refractivity contribution in [2.24, 2.45) is 0 Å². The van der Waals surface area contributed by atoms with E-state index < -0.39 is 5.66 Å². The topological polar surface area (TPSA) is 11.6 Å². The number of fused-ring (bicyclic) bond motifs is 14. The minimum Gasteiger partial charge on any atom is -0.159 e. The fourth-order valence-electron chi connectivity index (χ4n) is 7.57. The van der Waals surface area contributed by atoms with Crippen molar-refractivity contribution in [3.8, 4) is 50.6 Å². The molecule has 3 nitrogen and oxygen atoms in total. The molecule has 44 heavy (non-hydrogen) atoms. The molecule has 0 amide bonds. The van der Waals surface area contributed by atoms with Gasteiger partial charge in [-0.25, -0.2) is 0 Å². The molecule has 0 bridgehead atoms. The third kappa shape index (κ3) is 3.29. The summed E-state index contributed by atoms with van der Waals surface area (Å²) in [6, 6.07) is 53.0. The molecule has 0 saturated heterocycles. The van der Waals surface area contributed by atoms with E-state index >= 15 is 0 Å². The van der Waals surface area contributed by atoms with Crippen molar-refractivity contribution in [3.05, 3.63) is 181 Å². The minimum absolute atomic E-state index is 0.665. The molecular weight excluding hydrogens is 534 g/mol. The molecule has 5 heterocycles. The van der Waals surface area contributed by atoms with Crippen molar-refractivity contribution in [2.45, 2.75) is 12.6 Å². The second kappa shape index (κ2) is 9.42. The van der Waals surface area contributed by atoms with E-state index in [2.05, 4.69) is 185 Å². The Morgan fingerprint density at radius 3 is 1.66 bits per heavy atom. The zero-order valence-electron chi connectivity index (χ0n) is 24.4. The Morgan fingerprint density at radius 2 is 0.977 bits per heavy atom. The highest BCUT2D eigenvalue weighted by molar-refractivity contribution is 5.75. The summed E-state index contributed by atoms with van der Waals surface area (Å²) in [5.74, 6) is 0. The molecule has 1 atom stereocenters. The number of para-hydroxylation sites is 1. The Labute approximate surface area is 257 Å². The molecule has 206 valence electrons. The Bertz CT molecular complexity index is 2200. The highest BCUT2D eigenvalue weighted by Crippen LogP contribution is 2.44. The number of benzene rings is 4. The molecule has 0 saturated carbocycles. The van der Waals surface area contributed by atoms with Gasteiger partial charge < -0.3 is 0 Å². The lowest BCUT2D eigenvalue weighted by Crippen LogP contribution is -2.73. The average Bonchev–Trinajstić information content (AvgIpc) is 3.40. The largest absolute Gasteiger partial charge is 0.417 e. The predicted octanol–water partition coefficient (Wildman–Crippen LogP) is 7.44. The highest BCUT2D eigenvalue weighted by Gasteiger charge is 2.63. The number of aryl methyl sites for hydroxylation is 1. The van der Waals surface area contributed by atoms with Crippen LogP contribution in [0.3, 0.4) is 0 Å². The summed E-state index contributed by atoms with van der Waals surface area (Å²) in [5.41, 5.74) is 13.8. The van der Waals surface area contributed by atoms with Crippen LogP contribution in [0.5, 0.6) is 0 Å². The van der Waals surface area contributed by atoms with E-state index in [9.17, 15) is 0 Å². The van der Waals surface area contributed by atoms with Gasteiger partial charge in [0.25, 0.3) is 0 Å². The zero-order valence-corrected chi connectivity index (χ0v) is 24.4. The van der Waals surface area contributed by atoms with Crippen LogP contribution in [-0.4, -0.2) is 0 Å². The predicted molar refractivity (Wildman–Crippen MR) is 173 cm³/mol. The van der Waals surface area contributed by atoms with E-state index in [1.807, 2.05) is 0 Å². The van der Waals surface area contributed by atoms with E-state index in [-0.39, 0.29) is 0 Å². The maximum atomic E-state index is 2.50. The van der Waals surface area contributed by atoms with E-state index in [0.29, 0.717) is 0 Å². The molecule has 9 rings (SSSR count). The second-order valence-electron chi connectivity index (χ2n) is 11.7. The van der Waals surface area contributed by atoms with Gasteiger partial charge in [-0.2, -0.15) is 4.57 Å². The summed E-state index contributed by atoms with van der Waals surface area (Å²) in [6.07, 6.45) is 6.85. The first-order valence-electron chi connectivity index (χ1n) is 15.2. The minimum atomic E-state index is -0.665. The van der Waals surface area contributed by atoms with E-state index in [4.69, 9.17) is 0 Å². The van der Waals surface area contributed by atoms with Gasteiger partial charge >= 0.3 is 5.66 Å². The Morgan fingerprint density at radius 1 is 0.455 bits per heavy atom. The van der Waals surface area contributed by atoms with Gasteiger partial charge in [0, 0.05) is 42.0 Å². The van der Waals surface area contributed by atoms with Crippen molar-refractivity contribution >= 4 is 0 Å². The quantitative estimate of drug-likeness (QED) is 0.184. The van der Waals surface area contributed by atoms with Crippen LogP contribution in [0.2, 0.25) is 0 Å². The van der Waals surface area contributed by atoms with E-state index in [1.165, 1.54) is 55.9 Å². The summed E-state index contributed by atoms with van der Waals surface area (Å²) in [4.78, 5) is 0. The maximum absolute atomic E-state index is 2.50. The standard InChI is InChI=1S/C41H30N3/c1-29-27-40-32-18-6-9-21-36(32)41(35-20-8-5-17-31(35)38-23-11-13-25-43(38)41)44-26-14-12-24-39(44)33-19-7-10-22-37(33)42(40)28-34(29)30-15-3-2-4-16-30/h2-28H,1H3/q+3. The van der Waals surface area contributed by atoms with Crippen LogP contribution in [0.4, 0.5) is 0 Å². The van der Waals surface area contributed by atoms with E-state index in [0.717, 1.165) is 11.4 Å². The van der Waals surface area contributed by atoms with Gasteiger partial charge in [-0.3, -0.25) is 0 Å². The number of hydrogen-bond donors (Lipinski definition) is 0. The SMILES string of the molecule is Cc1cc2[n+](cc1-c1ccccc1)-c1ccccc1-c1cccc[n+]1C1(c3ccccc3-2)c2ccccc2-c2cccc[n+]21. The maximum Gasteiger partial charge on any atom is 0.417 e. The van der Waals surface area contributed by atoms with Crippen LogP contribution in [-0.2, 0) is 5.66 Å². The molecule has 1 spiro atoms. The zero-order chi connectivity index (χ0) is 29.3. The summed E-state index contributed by atoms with van der Waals surface area (Å²) >= 11 is 0. The van der Waals surface area contributed by atoms with Crippen LogP contribution in [0.1, 0.15) is 16.7 Å². The number of aromatic nitrogens is 3. The number of rotatable bonds is 1. The fourth-order valence-corrected chi connectivity index (χ4v) is 7.57. The molecule has 2 aliphatic heterocycles. The first-order chi connectivity index (χ1) is 21.8. The molecule has 0 radical (unpaired) electrons. The highest BCUT2D eigenvalue weighted by atomic mass is 15.3. The molecule has 4 aromatic carbocycles. The molecular formula is C41H30N3+3. The normalized spacial score (nSPS) is 15.5. The molecule has 2 aliphatic rings. The van der Waals surface area contributed by atoms with Gasteiger partial charge in [0.15, 0.2) is 18.6 Å². The van der Waals surface area contributed by atoms with Crippen molar-refractivity contribution in [1.29, 1.82) is 0 Å². The van der Waals surface area contributed by atoms with Crippen LogP contribution in [0.15, 0.2) is 164 Å². The lowest BCUT2D eigenvalue weighted by atomic mass is 9.85. The van der Waals surface area contributed by atoms with Crippen molar-refractivity contribution in [3.63, 3.8) is 0 Å². The van der Waals surface area contributed by atoms with Crippen molar-refractivity contribution in [1.82, 2.24) is 0 Å². The number of nitrogens with zero attached hydrogens (tertiary/aromatic N) is 3. The molecule has 0 fully saturated rings. The summed E-state index contributed by atoms with van der Waals surface area (Å²) in [5, 5.41) is 0. The van der Waals surface area contributed by atoms with Crippen LogP contribution in [0, 0.1) is 6.92 Å². The monoisotopic (exact) mass is 564 g/mol. The Hall–Kier alpha value is -5.67.